The van der Waals surface area contributed by atoms with Crippen LogP contribution in [-0.2, 0) is 0 Å². The molecule has 1 amide bonds. The molecule has 0 saturated carbocycles. The fraction of sp³-hybridized carbons (Fsp3) is 0. The van der Waals surface area contributed by atoms with Crippen molar-refractivity contribution in [2.24, 2.45) is 0 Å². The SMILES string of the molecule is O=C(Nc1ccc(Cl)cn1)c1cccc(Nc2nccs2)c1. The number of hydrogen-bond donors (Lipinski definition) is 2. The molecule has 0 aliphatic carbocycles. The number of carbonyl (C=O) groups is 1. The third-order valence-corrected chi connectivity index (χ3v) is 3.69. The highest BCUT2D eigenvalue weighted by Crippen LogP contribution is 2.20. The standard InChI is InChI=1S/C15H11ClN4OS/c16-11-4-5-13(18-9-11)20-14(21)10-2-1-3-12(8-10)19-15-17-6-7-22-15/h1-9H,(H,17,19)(H,18,20,21). The molecule has 0 saturated heterocycles. The van der Waals surface area contributed by atoms with E-state index < -0.39 is 0 Å². The number of anilines is 3. The summed E-state index contributed by atoms with van der Waals surface area (Å²) in [4.78, 5) is 20.4. The van der Waals surface area contributed by atoms with Gasteiger partial charge in [-0.15, -0.1) is 11.3 Å². The van der Waals surface area contributed by atoms with Gasteiger partial charge in [0.1, 0.15) is 5.82 Å². The van der Waals surface area contributed by atoms with E-state index in [-0.39, 0.29) is 5.91 Å². The number of pyridine rings is 1. The van der Waals surface area contributed by atoms with Crippen LogP contribution in [-0.4, -0.2) is 15.9 Å². The van der Waals surface area contributed by atoms with Crippen LogP contribution in [0.5, 0.6) is 0 Å². The van der Waals surface area contributed by atoms with Crippen molar-refractivity contribution in [2.45, 2.75) is 0 Å². The Morgan fingerprint density at radius 2 is 2.09 bits per heavy atom. The van der Waals surface area contributed by atoms with Gasteiger partial charge in [0.25, 0.3) is 5.91 Å². The summed E-state index contributed by atoms with van der Waals surface area (Å²) in [5, 5.41) is 9.04. The van der Waals surface area contributed by atoms with Crippen LogP contribution >= 0.6 is 22.9 Å². The molecular weight excluding hydrogens is 320 g/mol. The van der Waals surface area contributed by atoms with Gasteiger partial charge in [-0.3, -0.25) is 4.79 Å². The zero-order valence-electron chi connectivity index (χ0n) is 11.3. The van der Waals surface area contributed by atoms with Crippen LogP contribution in [0.4, 0.5) is 16.6 Å². The molecule has 0 spiro atoms. The van der Waals surface area contributed by atoms with Gasteiger partial charge < -0.3 is 10.6 Å². The van der Waals surface area contributed by atoms with E-state index in [2.05, 4.69) is 20.6 Å². The number of rotatable bonds is 4. The van der Waals surface area contributed by atoms with Crippen molar-refractivity contribution in [1.29, 1.82) is 0 Å². The van der Waals surface area contributed by atoms with Crippen molar-refractivity contribution in [2.75, 3.05) is 10.6 Å². The van der Waals surface area contributed by atoms with Gasteiger partial charge in [0, 0.05) is 29.0 Å². The van der Waals surface area contributed by atoms with Crippen LogP contribution in [0, 0.1) is 0 Å². The molecule has 0 aliphatic heterocycles. The minimum atomic E-state index is -0.238. The average Bonchev–Trinajstić information content (AvgIpc) is 3.03. The summed E-state index contributed by atoms with van der Waals surface area (Å²) in [5.74, 6) is 0.213. The maximum absolute atomic E-state index is 12.2. The molecule has 0 atom stereocenters. The second kappa shape index (κ2) is 6.55. The second-order valence-electron chi connectivity index (χ2n) is 4.36. The Morgan fingerprint density at radius 3 is 2.82 bits per heavy atom. The molecule has 3 rings (SSSR count). The number of amides is 1. The number of carbonyl (C=O) groups excluding carboxylic acids is 1. The summed E-state index contributed by atoms with van der Waals surface area (Å²) in [6.07, 6.45) is 3.20. The highest BCUT2D eigenvalue weighted by atomic mass is 35.5. The quantitative estimate of drug-likeness (QED) is 0.752. The molecule has 7 heteroatoms. The van der Waals surface area contributed by atoms with E-state index in [1.807, 2.05) is 11.4 Å². The summed E-state index contributed by atoms with van der Waals surface area (Å²) in [5.41, 5.74) is 1.32. The highest BCUT2D eigenvalue weighted by molar-refractivity contribution is 7.13. The molecule has 2 aromatic heterocycles. The summed E-state index contributed by atoms with van der Waals surface area (Å²) in [7, 11) is 0. The molecule has 3 aromatic rings. The number of thiazole rings is 1. The number of aromatic nitrogens is 2. The lowest BCUT2D eigenvalue weighted by atomic mass is 10.2. The highest BCUT2D eigenvalue weighted by Gasteiger charge is 2.08. The summed E-state index contributed by atoms with van der Waals surface area (Å²) < 4.78 is 0. The zero-order chi connectivity index (χ0) is 15.4. The van der Waals surface area contributed by atoms with E-state index in [4.69, 9.17) is 11.6 Å². The topological polar surface area (TPSA) is 66.9 Å². The van der Waals surface area contributed by atoms with Gasteiger partial charge in [-0.2, -0.15) is 0 Å². The Kier molecular flexibility index (Phi) is 4.32. The van der Waals surface area contributed by atoms with Gasteiger partial charge >= 0.3 is 0 Å². The first-order valence-corrected chi connectivity index (χ1v) is 7.66. The number of nitrogens with one attached hydrogen (secondary N) is 2. The van der Waals surface area contributed by atoms with Gasteiger partial charge in [0.2, 0.25) is 0 Å². The minimum Gasteiger partial charge on any atom is -0.332 e. The van der Waals surface area contributed by atoms with Crippen LogP contribution in [0.15, 0.2) is 54.2 Å². The largest absolute Gasteiger partial charge is 0.332 e. The molecule has 110 valence electrons. The number of hydrogen-bond acceptors (Lipinski definition) is 5. The number of benzene rings is 1. The molecule has 22 heavy (non-hydrogen) atoms. The third-order valence-electron chi connectivity index (χ3n) is 2.78. The second-order valence-corrected chi connectivity index (χ2v) is 5.69. The Hall–Kier alpha value is -2.44. The monoisotopic (exact) mass is 330 g/mol. The average molecular weight is 331 g/mol. The van der Waals surface area contributed by atoms with Crippen LogP contribution in [0.3, 0.4) is 0 Å². The van der Waals surface area contributed by atoms with E-state index >= 15 is 0 Å². The molecule has 0 unspecified atom stereocenters. The molecule has 1 aromatic carbocycles. The Bertz CT molecular complexity index is 775. The van der Waals surface area contributed by atoms with Gasteiger partial charge in [-0.25, -0.2) is 9.97 Å². The molecule has 2 heterocycles. The number of halogens is 1. The van der Waals surface area contributed by atoms with E-state index in [1.165, 1.54) is 17.5 Å². The molecule has 0 aliphatic rings. The molecule has 2 N–H and O–H groups in total. The Balaban J connectivity index is 1.73. The molecule has 0 fully saturated rings. The molecule has 0 bridgehead atoms. The maximum Gasteiger partial charge on any atom is 0.256 e. The van der Waals surface area contributed by atoms with Crippen LogP contribution in [0.25, 0.3) is 0 Å². The fourth-order valence-corrected chi connectivity index (χ4v) is 2.45. The Labute approximate surface area is 136 Å². The maximum atomic E-state index is 12.2. The lowest BCUT2D eigenvalue weighted by Gasteiger charge is -2.07. The Morgan fingerprint density at radius 1 is 1.18 bits per heavy atom. The minimum absolute atomic E-state index is 0.238. The van der Waals surface area contributed by atoms with E-state index in [9.17, 15) is 4.79 Å². The summed E-state index contributed by atoms with van der Waals surface area (Å²) in [6, 6.07) is 10.5. The molecule has 5 nitrogen and oxygen atoms in total. The van der Waals surface area contributed by atoms with Gasteiger partial charge in [0.15, 0.2) is 5.13 Å². The van der Waals surface area contributed by atoms with E-state index in [1.54, 1.807) is 36.5 Å². The van der Waals surface area contributed by atoms with Crippen molar-refractivity contribution in [3.8, 4) is 0 Å². The third kappa shape index (κ3) is 3.60. The van der Waals surface area contributed by atoms with Crippen molar-refractivity contribution < 1.29 is 4.79 Å². The normalized spacial score (nSPS) is 10.2. The van der Waals surface area contributed by atoms with E-state index in [0.29, 0.717) is 16.4 Å². The smallest absolute Gasteiger partial charge is 0.256 e. The van der Waals surface area contributed by atoms with Crippen LogP contribution in [0.2, 0.25) is 5.02 Å². The predicted octanol–water partition coefficient (Wildman–Crippen LogP) is 4.19. The van der Waals surface area contributed by atoms with Crippen molar-refractivity contribution in [1.82, 2.24) is 9.97 Å². The van der Waals surface area contributed by atoms with Crippen LogP contribution < -0.4 is 10.6 Å². The predicted molar refractivity (Wildman–Crippen MR) is 89.0 cm³/mol. The zero-order valence-corrected chi connectivity index (χ0v) is 12.9. The lowest BCUT2D eigenvalue weighted by Crippen LogP contribution is -2.12. The first-order chi connectivity index (χ1) is 10.7. The van der Waals surface area contributed by atoms with Crippen molar-refractivity contribution >= 4 is 45.5 Å². The fourth-order valence-electron chi connectivity index (χ4n) is 1.79. The molecular formula is C15H11ClN4OS. The molecule has 0 radical (unpaired) electrons. The first-order valence-electron chi connectivity index (χ1n) is 6.40. The van der Waals surface area contributed by atoms with Crippen LogP contribution in [0.1, 0.15) is 10.4 Å². The van der Waals surface area contributed by atoms with Crippen molar-refractivity contribution in [3.63, 3.8) is 0 Å². The summed E-state index contributed by atoms with van der Waals surface area (Å²) >= 11 is 7.26. The van der Waals surface area contributed by atoms with Gasteiger partial charge in [-0.1, -0.05) is 17.7 Å². The van der Waals surface area contributed by atoms with Gasteiger partial charge in [-0.05, 0) is 30.3 Å². The van der Waals surface area contributed by atoms with Crippen molar-refractivity contribution in [3.05, 3.63) is 64.8 Å². The van der Waals surface area contributed by atoms with E-state index in [0.717, 1.165) is 10.8 Å². The first kappa shape index (κ1) is 14.5. The lowest BCUT2D eigenvalue weighted by molar-refractivity contribution is 0.102. The van der Waals surface area contributed by atoms with Gasteiger partial charge in [0.05, 0.1) is 5.02 Å². The summed E-state index contributed by atoms with van der Waals surface area (Å²) in [6.45, 7) is 0. The number of nitrogens with zero attached hydrogens (tertiary/aromatic N) is 2.